The Kier molecular flexibility index (Phi) is 3.63. The summed E-state index contributed by atoms with van der Waals surface area (Å²) in [5.74, 6) is -1.56. The number of nitro benzene ring substituents is 1. The lowest BCUT2D eigenvalue weighted by molar-refractivity contribution is -0.384. The van der Waals surface area contributed by atoms with E-state index >= 15 is 0 Å². The summed E-state index contributed by atoms with van der Waals surface area (Å²) in [6.07, 6.45) is 4.29. The van der Waals surface area contributed by atoms with Gasteiger partial charge in [-0.15, -0.1) is 0 Å². The number of Topliss-reactive ketones (excluding diaryl/α,β-unsaturated/α-hetero) is 1. The number of nitro groups is 1. The van der Waals surface area contributed by atoms with Gasteiger partial charge in [0, 0.05) is 41.3 Å². The standard InChI is InChI=1S/C15H11N3O5/c19-14(15(20)17-6-9-3-4-23-8-9)12-7-16-13-2-1-10(18(21)22)5-11(12)13/h1-5,7-8,16H,6H2,(H,17,20). The number of non-ortho nitro benzene ring substituents is 1. The number of amides is 1. The molecule has 8 nitrogen and oxygen atoms in total. The molecule has 0 fully saturated rings. The molecule has 0 spiro atoms. The van der Waals surface area contributed by atoms with Gasteiger partial charge in [0.15, 0.2) is 0 Å². The Balaban J connectivity index is 1.83. The monoisotopic (exact) mass is 313 g/mol. The van der Waals surface area contributed by atoms with Gasteiger partial charge in [-0.3, -0.25) is 19.7 Å². The van der Waals surface area contributed by atoms with Gasteiger partial charge in [0.1, 0.15) is 0 Å². The van der Waals surface area contributed by atoms with Gasteiger partial charge in [-0.05, 0) is 12.1 Å². The van der Waals surface area contributed by atoms with Crippen LogP contribution in [-0.2, 0) is 11.3 Å². The molecule has 1 amide bonds. The molecular formula is C15H11N3O5. The van der Waals surface area contributed by atoms with Crippen molar-refractivity contribution < 1.29 is 18.9 Å². The molecule has 116 valence electrons. The lowest BCUT2D eigenvalue weighted by Crippen LogP contribution is -2.30. The molecule has 23 heavy (non-hydrogen) atoms. The number of fused-ring (bicyclic) bond motifs is 1. The second-order valence-corrected chi connectivity index (χ2v) is 4.83. The SMILES string of the molecule is O=C(NCc1ccoc1)C(=O)c1c[nH]c2ccc([N+](=O)[O-])cc12. The Morgan fingerprint density at radius 3 is 2.83 bits per heavy atom. The molecule has 2 N–H and O–H groups in total. The molecule has 1 aromatic carbocycles. The average Bonchev–Trinajstić information content (AvgIpc) is 3.20. The normalized spacial score (nSPS) is 10.6. The van der Waals surface area contributed by atoms with Crippen LogP contribution in [0.3, 0.4) is 0 Å². The molecule has 3 aromatic rings. The lowest BCUT2D eigenvalue weighted by atomic mass is 10.1. The van der Waals surface area contributed by atoms with Crippen molar-refractivity contribution in [3.05, 3.63) is 64.2 Å². The third-order valence-corrected chi connectivity index (χ3v) is 3.36. The van der Waals surface area contributed by atoms with Crippen molar-refractivity contribution >= 4 is 28.3 Å². The maximum atomic E-state index is 12.2. The minimum atomic E-state index is -0.793. The van der Waals surface area contributed by atoms with Crippen molar-refractivity contribution in [3.63, 3.8) is 0 Å². The van der Waals surface area contributed by atoms with E-state index in [0.717, 1.165) is 5.56 Å². The zero-order chi connectivity index (χ0) is 16.4. The predicted molar refractivity (Wildman–Crippen MR) is 79.8 cm³/mol. The van der Waals surface area contributed by atoms with Crippen molar-refractivity contribution in [1.82, 2.24) is 10.3 Å². The first-order chi connectivity index (χ1) is 11.1. The number of aromatic nitrogens is 1. The number of carbonyl (C=O) groups is 2. The first kappa shape index (κ1) is 14.5. The van der Waals surface area contributed by atoms with Crippen LogP contribution < -0.4 is 5.32 Å². The molecule has 0 radical (unpaired) electrons. The van der Waals surface area contributed by atoms with Gasteiger partial charge in [-0.2, -0.15) is 0 Å². The summed E-state index contributed by atoms with van der Waals surface area (Å²) < 4.78 is 4.87. The molecule has 8 heteroatoms. The number of nitrogens with one attached hydrogen (secondary N) is 2. The summed E-state index contributed by atoms with van der Waals surface area (Å²) in [6, 6.07) is 5.75. The number of carbonyl (C=O) groups excluding carboxylic acids is 2. The summed E-state index contributed by atoms with van der Waals surface area (Å²) in [6.45, 7) is 0.156. The van der Waals surface area contributed by atoms with Crippen molar-refractivity contribution in [1.29, 1.82) is 0 Å². The predicted octanol–water partition coefficient (Wildman–Crippen LogP) is 2.17. The lowest BCUT2D eigenvalue weighted by Gasteiger charge is -2.02. The van der Waals surface area contributed by atoms with Crippen LogP contribution in [0.15, 0.2) is 47.4 Å². The Morgan fingerprint density at radius 2 is 2.13 bits per heavy atom. The number of nitrogens with zero attached hydrogens (tertiary/aromatic N) is 1. The van der Waals surface area contributed by atoms with Crippen molar-refractivity contribution in [2.24, 2.45) is 0 Å². The van der Waals surface area contributed by atoms with E-state index in [2.05, 4.69) is 10.3 Å². The number of aromatic amines is 1. The van der Waals surface area contributed by atoms with Gasteiger partial charge >= 0.3 is 0 Å². The highest BCUT2D eigenvalue weighted by Crippen LogP contribution is 2.24. The summed E-state index contributed by atoms with van der Waals surface area (Å²) >= 11 is 0. The van der Waals surface area contributed by atoms with Gasteiger partial charge in [0.2, 0.25) is 0 Å². The molecule has 0 atom stereocenters. The Morgan fingerprint density at radius 1 is 1.30 bits per heavy atom. The molecule has 0 aliphatic heterocycles. The second kappa shape index (κ2) is 5.76. The van der Waals surface area contributed by atoms with E-state index in [4.69, 9.17) is 4.42 Å². The smallest absolute Gasteiger partial charge is 0.292 e. The van der Waals surface area contributed by atoms with Crippen molar-refractivity contribution in [3.8, 4) is 0 Å². The van der Waals surface area contributed by atoms with E-state index in [1.807, 2.05) is 0 Å². The van der Waals surface area contributed by atoms with E-state index in [0.29, 0.717) is 10.9 Å². The number of hydrogen-bond acceptors (Lipinski definition) is 5. The highest BCUT2D eigenvalue weighted by molar-refractivity contribution is 6.44. The fourth-order valence-electron chi connectivity index (χ4n) is 2.19. The van der Waals surface area contributed by atoms with Crippen LogP contribution in [0.5, 0.6) is 0 Å². The number of rotatable bonds is 5. The zero-order valence-corrected chi connectivity index (χ0v) is 11.7. The summed E-state index contributed by atoms with van der Waals surface area (Å²) in [7, 11) is 0. The van der Waals surface area contributed by atoms with Crippen molar-refractivity contribution in [2.75, 3.05) is 0 Å². The topological polar surface area (TPSA) is 118 Å². The molecule has 2 aromatic heterocycles. The van der Waals surface area contributed by atoms with Crippen LogP contribution in [0.2, 0.25) is 0 Å². The van der Waals surface area contributed by atoms with Gasteiger partial charge in [0.05, 0.1) is 23.0 Å². The number of hydrogen-bond donors (Lipinski definition) is 2. The first-order valence-corrected chi connectivity index (χ1v) is 6.65. The molecule has 0 bridgehead atoms. The minimum absolute atomic E-state index is 0.0911. The van der Waals surface area contributed by atoms with Crippen LogP contribution in [0.25, 0.3) is 10.9 Å². The molecule has 0 saturated carbocycles. The third-order valence-electron chi connectivity index (χ3n) is 3.36. The quantitative estimate of drug-likeness (QED) is 0.324. The molecule has 0 aliphatic rings. The fraction of sp³-hybridized carbons (Fsp3) is 0.0667. The molecule has 0 unspecified atom stereocenters. The van der Waals surface area contributed by atoms with Crippen LogP contribution >= 0.6 is 0 Å². The van der Waals surface area contributed by atoms with Crippen molar-refractivity contribution in [2.45, 2.75) is 6.54 Å². The van der Waals surface area contributed by atoms with E-state index in [-0.39, 0.29) is 17.8 Å². The number of ketones is 1. The van der Waals surface area contributed by atoms with Gasteiger partial charge in [0.25, 0.3) is 17.4 Å². The van der Waals surface area contributed by atoms with Gasteiger partial charge < -0.3 is 14.7 Å². The highest BCUT2D eigenvalue weighted by Gasteiger charge is 2.21. The molecule has 0 saturated heterocycles. The molecule has 0 aliphatic carbocycles. The number of benzene rings is 1. The minimum Gasteiger partial charge on any atom is -0.472 e. The summed E-state index contributed by atoms with van der Waals surface area (Å²) in [5.41, 5.74) is 1.21. The third kappa shape index (κ3) is 2.82. The number of H-pyrrole nitrogens is 1. The zero-order valence-electron chi connectivity index (χ0n) is 11.7. The Hall–Kier alpha value is -3.42. The highest BCUT2D eigenvalue weighted by atomic mass is 16.6. The average molecular weight is 313 g/mol. The number of furan rings is 1. The van der Waals surface area contributed by atoms with Gasteiger partial charge in [-0.25, -0.2) is 0 Å². The van der Waals surface area contributed by atoms with Crippen LogP contribution in [-0.4, -0.2) is 21.6 Å². The second-order valence-electron chi connectivity index (χ2n) is 4.83. The largest absolute Gasteiger partial charge is 0.472 e. The van der Waals surface area contributed by atoms with E-state index < -0.39 is 16.6 Å². The summed E-state index contributed by atoms with van der Waals surface area (Å²) in [5, 5.41) is 13.7. The maximum Gasteiger partial charge on any atom is 0.292 e. The molecule has 3 rings (SSSR count). The molecular weight excluding hydrogens is 302 g/mol. The Bertz CT molecular complexity index is 895. The van der Waals surface area contributed by atoms with Crippen LogP contribution in [0.1, 0.15) is 15.9 Å². The van der Waals surface area contributed by atoms with E-state index in [1.165, 1.54) is 36.9 Å². The van der Waals surface area contributed by atoms with E-state index in [9.17, 15) is 19.7 Å². The maximum absolute atomic E-state index is 12.2. The fourth-order valence-corrected chi connectivity index (χ4v) is 2.19. The first-order valence-electron chi connectivity index (χ1n) is 6.65. The summed E-state index contributed by atoms with van der Waals surface area (Å²) in [4.78, 5) is 37.3. The van der Waals surface area contributed by atoms with Gasteiger partial charge in [-0.1, -0.05) is 0 Å². The Labute approximate surface area is 129 Å². The molecule has 2 heterocycles. The van der Waals surface area contributed by atoms with Crippen LogP contribution in [0.4, 0.5) is 5.69 Å². The van der Waals surface area contributed by atoms with E-state index in [1.54, 1.807) is 6.07 Å². The van der Waals surface area contributed by atoms with Crippen LogP contribution in [0, 0.1) is 10.1 Å².